The maximum atomic E-state index is 4.41. The predicted molar refractivity (Wildman–Crippen MR) is 84.5 cm³/mol. The highest BCUT2D eigenvalue weighted by atomic mass is 15.1. The third-order valence-electron chi connectivity index (χ3n) is 3.29. The first-order valence-electron chi connectivity index (χ1n) is 7.23. The van der Waals surface area contributed by atoms with Gasteiger partial charge in [0.1, 0.15) is 0 Å². The number of rotatable bonds is 6. The molecule has 3 rings (SSSR count). The number of aromatic nitrogens is 3. The lowest BCUT2D eigenvalue weighted by molar-refractivity contribution is 0.239. The van der Waals surface area contributed by atoms with Gasteiger partial charge >= 0.3 is 0 Å². The van der Waals surface area contributed by atoms with Crippen molar-refractivity contribution in [3.63, 3.8) is 0 Å². The third-order valence-corrected chi connectivity index (χ3v) is 3.29. The lowest BCUT2D eigenvalue weighted by Crippen LogP contribution is -2.23. The Hall–Kier alpha value is -2.59. The van der Waals surface area contributed by atoms with Gasteiger partial charge in [-0.2, -0.15) is 0 Å². The lowest BCUT2D eigenvalue weighted by Gasteiger charge is -2.21. The predicted octanol–water partition coefficient (Wildman–Crippen LogP) is 2.87. The zero-order valence-electron chi connectivity index (χ0n) is 12.3. The Bertz CT molecular complexity index is 573. The molecular formula is C18H17N4. The molecule has 0 unspecified atom stereocenters. The monoisotopic (exact) mass is 289 g/mol. The van der Waals surface area contributed by atoms with Crippen molar-refractivity contribution in [1.29, 1.82) is 0 Å². The van der Waals surface area contributed by atoms with Gasteiger partial charge in [0.15, 0.2) is 0 Å². The molecule has 0 aromatic carbocycles. The van der Waals surface area contributed by atoms with E-state index in [1.807, 2.05) is 60.9 Å². The second-order valence-corrected chi connectivity index (χ2v) is 5.04. The van der Waals surface area contributed by atoms with Crippen LogP contribution in [0.5, 0.6) is 0 Å². The van der Waals surface area contributed by atoms with Crippen LogP contribution >= 0.6 is 0 Å². The van der Waals surface area contributed by atoms with Crippen LogP contribution in [-0.2, 0) is 19.6 Å². The quantitative estimate of drug-likeness (QED) is 0.700. The Morgan fingerprint density at radius 3 is 1.77 bits per heavy atom. The molecule has 0 bridgehead atoms. The van der Waals surface area contributed by atoms with Gasteiger partial charge < -0.3 is 0 Å². The number of pyridine rings is 3. The summed E-state index contributed by atoms with van der Waals surface area (Å²) in [5.41, 5.74) is 3.10. The van der Waals surface area contributed by atoms with E-state index in [2.05, 4.69) is 25.9 Å². The van der Waals surface area contributed by atoms with Gasteiger partial charge in [-0.15, -0.1) is 0 Å². The highest BCUT2D eigenvalue weighted by molar-refractivity contribution is 5.08. The molecule has 22 heavy (non-hydrogen) atoms. The number of hydrogen-bond acceptors (Lipinski definition) is 4. The number of hydrogen-bond donors (Lipinski definition) is 0. The SMILES string of the molecule is [c]1ccc(CN(Cc2ccccn2)Cc2ccccn2)nc1. The molecule has 0 N–H and O–H groups in total. The maximum absolute atomic E-state index is 4.41. The molecule has 1 radical (unpaired) electrons. The topological polar surface area (TPSA) is 41.9 Å². The summed E-state index contributed by atoms with van der Waals surface area (Å²) in [6.45, 7) is 2.28. The van der Waals surface area contributed by atoms with Gasteiger partial charge in [-0.1, -0.05) is 18.2 Å². The zero-order valence-corrected chi connectivity index (χ0v) is 12.3. The summed E-state index contributed by atoms with van der Waals surface area (Å²) in [6.07, 6.45) is 5.35. The van der Waals surface area contributed by atoms with Gasteiger partial charge in [-0.3, -0.25) is 19.9 Å². The molecule has 3 heterocycles. The highest BCUT2D eigenvalue weighted by Crippen LogP contribution is 2.10. The van der Waals surface area contributed by atoms with Gasteiger partial charge in [0.2, 0.25) is 0 Å². The van der Waals surface area contributed by atoms with Crippen LogP contribution in [0.15, 0.2) is 67.1 Å². The van der Waals surface area contributed by atoms with E-state index in [0.29, 0.717) is 0 Å². The summed E-state index contributed by atoms with van der Waals surface area (Å²) < 4.78 is 0. The Balaban J connectivity index is 1.75. The molecule has 3 aromatic heterocycles. The standard InChI is InChI=1S/C18H17N4/c1-4-10-19-16(7-1)13-22(14-17-8-2-5-11-20-17)15-18-9-3-6-12-21-18/h1-5,7-12H,13-15H2. The van der Waals surface area contributed by atoms with Crippen LogP contribution in [0.25, 0.3) is 0 Å². The molecule has 0 amide bonds. The first-order valence-corrected chi connectivity index (χ1v) is 7.23. The molecule has 0 atom stereocenters. The summed E-state index contributed by atoms with van der Waals surface area (Å²) in [7, 11) is 0. The zero-order chi connectivity index (χ0) is 15.0. The lowest BCUT2D eigenvalue weighted by atomic mass is 10.2. The Labute approximate surface area is 130 Å². The fourth-order valence-corrected chi connectivity index (χ4v) is 2.28. The van der Waals surface area contributed by atoms with Crippen molar-refractivity contribution < 1.29 is 0 Å². The third kappa shape index (κ3) is 4.20. The minimum absolute atomic E-state index is 0.752. The van der Waals surface area contributed by atoms with Crippen molar-refractivity contribution in [1.82, 2.24) is 19.9 Å². The second-order valence-electron chi connectivity index (χ2n) is 5.04. The maximum Gasteiger partial charge on any atom is 0.0544 e. The molecule has 0 saturated carbocycles. The van der Waals surface area contributed by atoms with Crippen molar-refractivity contribution in [2.24, 2.45) is 0 Å². The van der Waals surface area contributed by atoms with E-state index in [1.165, 1.54) is 0 Å². The molecule has 0 aliphatic rings. The van der Waals surface area contributed by atoms with E-state index in [4.69, 9.17) is 0 Å². The average Bonchev–Trinajstić information content (AvgIpc) is 2.57. The second kappa shape index (κ2) is 7.43. The smallest absolute Gasteiger partial charge is 0.0544 e. The molecule has 0 aliphatic heterocycles. The van der Waals surface area contributed by atoms with E-state index in [-0.39, 0.29) is 0 Å². The largest absolute Gasteiger partial charge is 0.286 e. The van der Waals surface area contributed by atoms with E-state index in [0.717, 1.165) is 36.7 Å². The average molecular weight is 289 g/mol. The summed E-state index contributed by atoms with van der Waals surface area (Å²) in [4.78, 5) is 15.5. The van der Waals surface area contributed by atoms with Gasteiger partial charge in [-0.25, -0.2) is 0 Å². The number of nitrogens with zero attached hydrogens (tertiary/aromatic N) is 4. The van der Waals surface area contributed by atoms with E-state index >= 15 is 0 Å². The first kappa shape index (κ1) is 14.4. The van der Waals surface area contributed by atoms with Crippen LogP contribution in [0.1, 0.15) is 17.1 Å². The Morgan fingerprint density at radius 2 is 1.32 bits per heavy atom. The summed E-state index contributed by atoms with van der Waals surface area (Å²) in [6, 6.07) is 18.8. The minimum atomic E-state index is 0.752. The van der Waals surface area contributed by atoms with Crippen LogP contribution in [0.4, 0.5) is 0 Å². The Kier molecular flexibility index (Phi) is 4.85. The molecule has 0 fully saturated rings. The van der Waals surface area contributed by atoms with Crippen LogP contribution in [0.2, 0.25) is 0 Å². The summed E-state index contributed by atoms with van der Waals surface area (Å²) >= 11 is 0. The van der Waals surface area contributed by atoms with Crippen molar-refractivity contribution in [3.8, 4) is 0 Å². The van der Waals surface area contributed by atoms with Gasteiger partial charge in [0.25, 0.3) is 0 Å². The molecule has 3 aromatic rings. The fourth-order valence-electron chi connectivity index (χ4n) is 2.28. The van der Waals surface area contributed by atoms with Crippen molar-refractivity contribution in [2.45, 2.75) is 19.6 Å². The normalized spacial score (nSPS) is 10.8. The molecule has 0 spiro atoms. The Morgan fingerprint density at radius 1 is 0.727 bits per heavy atom. The van der Waals surface area contributed by atoms with E-state index < -0.39 is 0 Å². The van der Waals surface area contributed by atoms with Crippen LogP contribution in [0.3, 0.4) is 0 Å². The minimum Gasteiger partial charge on any atom is -0.286 e. The van der Waals surface area contributed by atoms with E-state index in [1.54, 1.807) is 6.20 Å². The van der Waals surface area contributed by atoms with Gasteiger partial charge in [0, 0.05) is 44.3 Å². The molecule has 4 heteroatoms. The van der Waals surface area contributed by atoms with E-state index in [9.17, 15) is 0 Å². The fraction of sp³-hybridized carbons (Fsp3) is 0.167. The van der Waals surface area contributed by atoms with Crippen molar-refractivity contribution >= 4 is 0 Å². The highest BCUT2D eigenvalue weighted by Gasteiger charge is 2.10. The van der Waals surface area contributed by atoms with Gasteiger partial charge in [-0.05, 0) is 30.3 Å². The summed E-state index contributed by atoms with van der Waals surface area (Å²) in [5.74, 6) is 0. The molecule has 109 valence electrons. The summed E-state index contributed by atoms with van der Waals surface area (Å²) in [5, 5.41) is 0. The van der Waals surface area contributed by atoms with Crippen LogP contribution in [0, 0.1) is 6.07 Å². The van der Waals surface area contributed by atoms with Gasteiger partial charge in [0.05, 0.1) is 17.1 Å². The molecule has 0 saturated heterocycles. The molecule has 4 nitrogen and oxygen atoms in total. The molecular weight excluding hydrogens is 272 g/mol. The molecule has 0 aliphatic carbocycles. The van der Waals surface area contributed by atoms with Crippen molar-refractivity contribution in [3.05, 3.63) is 90.3 Å². The van der Waals surface area contributed by atoms with Crippen molar-refractivity contribution in [2.75, 3.05) is 0 Å². The van der Waals surface area contributed by atoms with Crippen LogP contribution in [-0.4, -0.2) is 19.9 Å². The first-order chi connectivity index (χ1) is 10.9. The van der Waals surface area contributed by atoms with Crippen LogP contribution < -0.4 is 0 Å².